The van der Waals surface area contributed by atoms with Crippen molar-refractivity contribution >= 4 is 16.9 Å². The van der Waals surface area contributed by atoms with Gasteiger partial charge in [0.25, 0.3) is 0 Å². The van der Waals surface area contributed by atoms with Crippen LogP contribution in [0.1, 0.15) is 5.69 Å². The summed E-state index contributed by atoms with van der Waals surface area (Å²) in [4.78, 5) is 11.0. The molecule has 0 saturated carbocycles. The Balaban J connectivity index is 2.71. The summed E-state index contributed by atoms with van der Waals surface area (Å²) in [5.74, 6) is 0.934. The molecule has 0 radical (unpaired) electrons. The minimum Gasteiger partial charge on any atom is -0.361 e. The molecule has 1 heterocycles. The molecule has 0 spiro atoms. The van der Waals surface area contributed by atoms with Crippen LogP contribution in [-0.4, -0.2) is 24.1 Å². The molecule has 2 rings (SSSR count). The molecule has 0 amide bonds. The molecule has 1 aromatic carbocycles. The van der Waals surface area contributed by atoms with Crippen LogP contribution in [0.4, 0.5) is 5.82 Å². The van der Waals surface area contributed by atoms with Crippen molar-refractivity contribution < 1.29 is 0 Å². The topological polar surface area (TPSA) is 29.0 Å². The Morgan fingerprint density at radius 1 is 1.00 bits per heavy atom. The van der Waals surface area contributed by atoms with Crippen LogP contribution < -0.4 is 4.90 Å². The number of rotatable bonds is 1. The molecule has 2 aromatic rings. The highest BCUT2D eigenvalue weighted by Crippen LogP contribution is 2.17. The first-order chi connectivity index (χ1) is 6.68. The van der Waals surface area contributed by atoms with Gasteiger partial charge in [-0.1, -0.05) is 12.1 Å². The van der Waals surface area contributed by atoms with Crippen LogP contribution in [0.3, 0.4) is 0 Å². The Labute approximate surface area is 83.4 Å². The molecule has 1 aromatic heterocycles. The van der Waals surface area contributed by atoms with E-state index in [0.29, 0.717) is 0 Å². The molecule has 72 valence electrons. The summed E-state index contributed by atoms with van der Waals surface area (Å²) in [5, 5.41) is 0. The molecule has 0 saturated heterocycles. The number of fused-ring (bicyclic) bond motifs is 1. The molecule has 3 heteroatoms. The highest BCUT2D eigenvalue weighted by Gasteiger charge is 2.05. The van der Waals surface area contributed by atoms with Gasteiger partial charge in [0, 0.05) is 14.1 Å². The molecule has 0 bridgehead atoms. The van der Waals surface area contributed by atoms with Crippen molar-refractivity contribution in [3.63, 3.8) is 0 Å². The molecular weight excluding hydrogens is 174 g/mol. The predicted octanol–water partition coefficient (Wildman–Crippen LogP) is 2.00. The number of anilines is 1. The van der Waals surface area contributed by atoms with E-state index < -0.39 is 0 Å². The Morgan fingerprint density at radius 3 is 2.14 bits per heavy atom. The van der Waals surface area contributed by atoms with Crippen LogP contribution in [0.15, 0.2) is 24.3 Å². The van der Waals surface area contributed by atoms with Crippen LogP contribution in [0.25, 0.3) is 11.0 Å². The molecule has 0 fully saturated rings. The largest absolute Gasteiger partial charge is 0.361 e. The number of nitrogens with zero attached hydrogens (tertiary/aromatic N) is 3. The van der Waals surface area contributed by atoms with Gasteiger partial charge < -0.3 is 4.90 Å². The van der Waals surface area contributed by atoms with Crippen LogP contribution in [0.5, 0.6) is 0 Å². The van der Waals surface area contributed by atoms with Gasteiger partial charge in [0.05, 0.1) is 16.7 Å². The summed E-state index contributed by atoms with van der Waals surface area (Å²) in [6, 6.07) is 7.92. The van der Waals surface area contributed by atoms with Gasteiger partial charge in [-0.25, -0.2) is 9.97 Å². The van der Waals surface area contributed by atoms with Crippen molar-refractivity contribution in [2.45, 2.75) is 6.92 Å². The van der Waals surface area contributed by atoms with Gasteiger partial charge in [0.15, 0.2) is 0 Å². The molecule has 0 N–H and O–H groups in total. The minimum absolute atomic E-state index is 0.934. The molecule has 3 nitrogen and oxygen atoms in total. The molecule has 0 atom stereocenters. The van der Waals surface area contributed by atoms with E-state index in [1.807, 2.05) is 50.2 Å². The lowest BCUT2D eigenvalue weighted by molar-refractivity contribution is 1.03. The van der Waals surface area contributed by atoms with Gasteiger partial charge in [-0.05, 0) is 19.1 Å². The summed E-state index contributed by atoms with van der Waals surface area (Å²) in [7, 11) is 3.96. The first-order valence-electron chi connectivity index (χ1n) is 4.59. The maximum atomic E-state index is 4.54. The van der Waals surface area contributed by atoms with E-state index >= 15 is 0 Å². The van der Waals surface area contributed by atoms with Crippen molar-refractivity contribution in [3.8, 4) is 0 Å². The van der Waals surface area contributed by atoms with E-state index in [0.717, 1.165) is 22.5 Å². The zero-order valence-corrected chi connectivity index (χ0v) is 8.65. The maximum absolute atomic E-state index is 4.54. The number of hydrogen-bond donors (Lipinski definition) is 0. The summed E-state index contributed by atoms with van der Waals surface area (Å²) in [5.41, 5.74) is 2.87. The lowest BCUT2D eigenvalue weighted by Gasteiger charge is -2.13. The summed E-state index contributed by atoms with van der Waals surface area (Å²) in [6.45, 7) is 1.98. The van der Waals surface area contributed by atoms with Crippen LogP contribution in [0.2, 0.25) is 0 Å². The lowest BCUT2D eigenvalue weighted by atomic mass is 10.3. The minimum atomic E-state index is 0.934. The molecular formula is C11H13N3. The fourth-order valence-corrected chi connectivity index (χ4v) is 1.50. The first-order valence-corrected chi connectivity index (χ1v) is 4.59. The standard InChI is InChI=1S/C11H13N3/c1-8-11(14(2)3)13-10-7-5-4-6-9(10)12-8/h4-7H,1-3H3. The van der Waals surface area contributed by atoms with Crippen molar-refractivity contribution in [1.82, 2.24) is 9.97 Å². The maximum Gasteiger partial charge on any atom is 0.150 e. The number of para-hydroxylation sites is 2. The predicted molar refractivity (Wildman–Crippen MR) is 58.6 cm³/mol. The van der Waals surface area contributed by atoms with Gasteiger partial charge in [0.1, 0.15) is 5.82 Å². The Hall–Kier alpha value is -1.64. The number of aromatic nitrogens is 2. The quantitative estimate of drug-likeness (QED) is 0.683. The fraction of sp³-hybridized carbons (Fsp3) is 0.273. The normalized spacial score (nSPS) is 10.5. The SMILES string of the molecule is Cc1nc2ccccc2nc1N(C)C. The van der Waals surface area contributed by atoms with Crippen molar-refractivity contribution in [2.75, 3.05) is 19.0 Å². The second-order valence-electron chi connectivity index (χ2n) is 3.52. The number of hydrogen-bond acceptors (Lipinski definition) is 3. The van der Waals surface area contributed by atoms with E-state index in [9.17, 15) is 0 Å². The van der Waals surface area contributed by atoms with Crippen molar-refractivity contribution in [3.05, 3.63) is 30.0 Å². The van der Waals surface area contributed by atoms with Gasteiger partial charge in [-0.3, -0.25) is 0 Å². The van der Waals surface area contributed by atoms with Crippen LogP contribution >= 0.6 is 0 Å². The van der Waals surface area contributed by atoms with Gasteiger partial charge in [-0.15, -0.1) is 0 Å². The van der Waals surface area contributed by atoms with E-state index in [-0.39, 0.29) is 0 Å². The monoisotopic (exact) mass is 187 g/mol. The molecule has 0 aliphatic heterocycles. The average Bonchev–Trinajstić information content (AvgIpc) is 2.16. The first kappa shape index (κ1) is 8.94. The lowest BCUT2D eigenvalue weighted by Crippen LogP contribution is -2.13. The summed E-state index contributed by atoms with van der Waals surface area (Å²) >= 11 is 0. The summed E-state index contributed by atoms with van der Waals surface area (Å²) in [6.07, 6.45) is 0. The third-order valence-corrected chi connectivity index (χ3v) is 2.14. The van der Waals surface area contributed by atoms with Gasteiger partial charge in [-0.2, -0.15) is 0 Å². The average molecular weight is 187 g/mol. The molecule has 0 aliphatic carbocycles. The van der Waals surface area contributed by atoms with Crippen molar-refractivity contribution in [2.24, 2.45) is 0 Å². The third-order valence-electron chi connectivity index (χ3n) is 2.14. The fourth-order valence-electron chi connectivity index (χ4n) is 1.50. The third kappa shape index (κ3) is 1.41. The van der Waals surface area contributed by atoms with E-state index in [2.05, 4.69) is 9.97 Å². The number of benzene rings is 1. The highest BCUT2D eigenvalue weighted by molar-refractivity contribution is 5.76. The number of aryl methyl sites for hydroxylation is 1. The van der Waals surface area contributed by atoms with Crippen LogP contribution in [0, 0.1) is 6.92 Å². The summed E-state index contributed by atoms with van der Waals surface area (Å²) < 4.78 is 0. The zero-order valence-electron chi connectivity index (χ0n) is 8.65. The molecule has 0 aliphatic rings. The Morgan fingerprint density at radius 2 is 1.57 bits per heavy atom. The smallest absolute Gasteiger partial charge is 0.150 e. The Kier molecular flexibility index (Phi) is 2.08. The van der Waals surface area contributed by atoms with E-state index in [1.165, 1.54) is 0 Å². The zero-order chi connectivity index (χ0) is 10.1. The molecule has 0 unspecified atom stereocenters. The Bertz CT molecular complexity index is 463. The van der Waals surface area contributed by atoms with Crippen LogP contribution in [-0.2, 0) is 0 Å². The van der Waals surface area contributed by atoms with Gasteiger partial charge in [0.2, 0.25) is 0 Å². The van der Waals surface area contributed by atoms with E-state index in [4.69, 9.17) is 0 Å². The van der Waals surface area contributed by atoms with Gasteiger partial charge >= 0.3 is 0 Å². The molecule has 14 heavy (non-hydrogen) atoms. The second-order valence-corrected chi connectivity index (χ2v) is 3.52. The highest BCUT2D eigenvalue weighted by atomic mass is 15.1. The van der Waals surface area contributed by atoms with E-state index in [1.54, 1.807) is 0 Å². The second kappa shape index (κ2) is 3.25. The van der Waals surface area contributed by atoms with Crippen molar-refractivity contribution in [1.29, 1.82) is 0 Å².